The molecule has 0 unspecified atom stereocenters. The monoisotopic (exact) mass is 317 g/mol. The Hall–Kier alpha value is -2.01. The van der Waals surface area contributed by atoms with Crippen molar-refractivity contribution >= 4 is 17.7 Å². The zero-order valence-electron chi connectivity index (χ0n) is 12.2. The predicted molar refractivity (Wildman–Crippen MR) is 85.6 cm³/mol. The van der Waals surface area contributed by atoms with Crippen LogP contribution < -0.4 is 4.74 Å². The van der Waals surface area contributed by atoms with Crippen molar-refractivity contribution in [2.24, 2.45) is 0 Å². The summed E-state index contributed by atoms with van der Waals surface area (Å²) in [7, 11) is 1.59. The first-order chi connectivity index (χ1) is 10.7. The molecule has 0 spiro atoms. The van der Waals surface area contributed by atoms with Crippen LogP contribution in [-0.4, -0.2) is 30.2 Å². The molecular weight excluding hydrogens is 301 g/mol. The van der Waals surface area contributed by atoms with Crippen molar-refractivity contribution < 1.29 is 13.9 Å². The number of carbonyl (C=O) groups is 1. The van der Waals surface area contributed by atoms with E-state index in [0.29, 0.717) is 17.9 Å². The maximum Gasteiger partial charge on any atom is 0.255 e. The summed E-state index contributed by atoms with van der Waals surface area (Å²) in [6.45, 7) is 0.663. The predicted octanol–water partition coefficient (Wildman–Crippen LogP) is 3.72. The highest BCUT2D eigenvalue weighted by Crippen LogP contribution is 2.38. The summed E-state index contributed by atoms with van der Waals surface area (Å²) < 4.78 is 18.5. The number of rotatable bonds is 3. The number of methoxy groups -OCH3 is 1. The molecule has 1 aliphatic heterocycles. The quantitative estimate of drug-likeness (QED) is 0.864. The van der Waals surface area contributed by atoms with Crippen LogP contribution in [0.15, 0.2) is 48.5 Å². The molecule has 114 valence electrons. The third-order valence-corrected chi connectivity index (χ3v) is 4.88. The van der Waals surface area contributed by atoms with Gasteiger partial charge in [-0.2, -0.15) is 0 Å². The zero-order chi connectivity index (χ0) is 15.5. The van der Waals surface area contributed by atoms with Crippen molar-refractivity contribution in [3.05, 3.63) is 65.5 Å². The minimum atomic E-state index is -0.276. The van der Waals surface area contributed by atoms with Gasteiger partial charge in [0.2, 0.25) is 0 Å². The number of amides is 1. The van der Waals surface area contributed by atoms with E-state index in [0.717, 1.165) is 11.3 Å². The fraction of sp³-hybridized carbons (Fsp3) is 0.235. The fourth-order valence-electron chi connectivity index (χ4n) is 2.51. The van der Waals surface area contributed by atoms with Crippen molar-refractivity contribution in [1.82, 2.24) is 4.90 Å². The standard InChI is InChI=1S/C17H16FNO2S/c1-21-15-7-5-12(6-8-15)16(20)19-9-10-22-17(19)13-3-2-4-14(18)11-13/h2-8,11,17H,9-10H2,1H3/t17-/m0/s1. The molecule has 2 aromatic rings. The molecule has 0 N–H and O–H groups in total. The lowest BCUT2D eigenvalue weighted by molar-refractivity contribution is 0.0760. The largest absolute Gasteiger partial charge is 0.497 e. The Morgan fingerprint density at radius 2 is 2.05 bits per heavy atom. The van der Waals surface area contributed by atoms with Gasteiger partial charge in [0.05, 0.1) is 7.11 Å². The Balaban J connectivity index is 1.84. The number of carbonyl (C=O) groups excluding carboxylic acids is 1. The number of ether oxygens (including phenoxy) is 1. The molecule has 0 bridgehead atoms. The number of thioether (sulfide) groups is 1. The molecule has 3 nitrogen and oxygen atoms in total. The van der Waals surface area contributed by atoms with Gasteiger partial charge in [0.1, 0.15) is 16.9 Å². The second-order valence-electron chi connectivity index (χ2n) is 5.01. The first-order valence-electron chi connectivity index (χ1n) is 7.01. The molecular formula is C17H16FNO2S. The topological polar surface area (TPSA) is 29.5 Å². The molecule has 1 saturated heterocycles. The van der Waals surface area contributed by atoms with Gasteiger partial charge < -0.3 is 9.64 Å². The molecule has 3 rings (SSSR count). The lowest BCUT2D eigenvalue weighted by Gasteiger charge is -2.24. The lowest BCUT2D eigenvalue weighted by atomic mass is 10.1. The van der Waals surface area contributed by atoms with Gasteiger partial charge in [0.15, 0.2) is 0 Å². The van der Waals surface area contributed by atoms with Gasteiger partial charge in [-0.3, -0.25) is 4.79 Å². The zero-order valence-corrected chi connectivity index (χ0v) is 13.0. The van der Waals surface area contributed by atoms with E-state index < -0.39 is 0 Å². The van der Waals surface area contributed by atoms with Crippen LogP contribution in [0.1, 0.15) is 21.3 Å². The Kier molecular flexibility index (Phi) is 4.34. The van der Waals surface area contributed by atoms with Crippen LogP contribution in [0.2, 0.25) is 0 Å². The van der Waals surface area contributed by atoms with E-state index in [-0.39, 0.29) is 17.1 Å². The van der Waals surface area contributed by atoms with E-state index in [1.807, 2.05) is 6.07 Å². The molecule has 0 saturated carbocycles. The third kappa shape index (κ3) is 2.95. The SMILES string of the molecule is COc1ccc(C(=O)N2CCS[C@H]2c2cccc(F)c2)cc1. The van der Waals surface area contributed by atoms with E-state index in [4.69, 9.17) is 4.74 Å². The Bertz CT molecular complexity index is 675. The van der Waals surface area contributed by atoms with Crippen LogP contribution >= 0.6 is 11.8 Å². The van der Waals surface area contributed by atoms with Gasteiger partial charge in [0.25, 0.3) is 5.91 Å². The van der Waals surface area contributed by atoms with Gasteiger partial charge in [0, 0.05) is 17.9 Å². The second kappa shape index (κ2) is 6.40. The molecule has 1 aliphatic rings. The van der Waals surface area contributed by atoms with Crippen LogP contribution in [0, 0.1) is 5.82 Å². The van der Waals surface area contributed by atoms with Crippen LogP contribution in [-0.2, 0) is 0 Å². The van der Waals surface area contributed by atoms with Crippen molar-refractivity contribution in [2.75, 3.05) is 19.4 Å². The maximum atomic E-state index is 13.4. The number of hydrogen-bond donors (Lipinski definition) is 0. The summed E-state index contributed by atoms with van der Waals surface area (Å²) in [5.74, 6) is 1.25. The van der Waals surface area contributed by atoms with Crippen molar-refractivity contribution in [3.63, 3.8) is 0 Å². The minimum absolute atomic E-state index is 0.0399. The number of hydrogen-bond acceptors (Lipinski definition) is 3. The number of halogens is 1. The van der Waals surface area contributed by atoms with Crippen molar-refractivity contribution in [1.29, 1.82) is 0 Å². The van der Waals surface area contributed by atoms with Crippen LogP contribution in [0.5, 0.6) is 5.75 Å². The Morgan fingerprint density at radius 3 is 2.73 bits per heavy atom. The Morgan fingerprint density at radius 1 is 1.27 bits per heavy atom. The average molecular weight is 317 g/mol. The van der Waals surface area contributed by atoms with Crippen LogP contribution in [0.4, 0.5) is 4.39 Å². The van der Waals surface area contributed by atoms with E-state index in [9.17, 15) is 9.18 Å². The lowest BCUT2D eigenvalue weighted by Crippen LogP contribution is -2.30. The van der Waals surface area contributed by atoms with E-state index in [1.165, 1.54) is 12.1 Å². The van der Waals surface area contributed by atoms with E-state index in [2.05, 4.69) is 0 Å². The highest BCUT2D eigenvalue weighted by molar-refractivity contribution is 7.99. The van der Waals surface area contributed by atoms with Crippen LogP contribution in [0.3, 0.4) is 0 Å². The molecule has 0 aliphatic carbocycles. The van der Waals surface area contributed by atoms with Gasteiger partial charge in [-0.15, -0.1) is 11.8 Å². The summed E-state index contributed by atoms with van der Waals surface area (Å²) in [4.78, 5) is 14.5. The van der Waals surface area contributed by atoms with Gasteiger partial charge in [-0.1, -0.05) is 12.1 Å². The summed E-state index contributed by atoms with van der Waals surface area (Å²) >= 11 is 1.66. The molecule has 0 radical (unpaired) electrons. The summed E-state index contributed by atoms with van der Waals surface area (Å²) in [6, 6.07) is 13.5. The van der Waals surface area contributed by atoms with Gasteiger partial charge in [-0.05, 0) is 42.0 Å². The summed E-state index contributed by atoms with van der Waals surface area (Å²) in [5, 5.41) is -0.134. The Labute approximate surface area is 133 Å². The number of benzene rings is 2. The molecule has 1 fully saturated rings. The third-order valence-electron chi connectivity index (χ3n) is 3.62. The first-order valence-corrected chi connectivity index (χ1v) is 8.06. The van der Waals surface area contributed by atoms with E-state index in [1.54, 1.807) is 54.1 Å². The van der Waals surface area contributed by atoms with Crippen molar-refractivity contribution in [3.8, 4) is 5.75 Å². The molecule has 1 amide bonds. The van der Waals surface area contributed by atoms with Gasteiger partial charge in [-0.25, -0.2) is 4.39 Å². The minimum Gasteiger partial charge on any atom is -0.497 e. The summed E-state index contributed by atoms with van der Waals surface area (Å²) in [5.41, 5.74) is 1.44. The first kappa shape index (κ1) is 14.9. The molecule has 1 atom stereocenters. The fourth-order valence-corrected chi connectivity index (χ4v) is 3.76. The smallest absolute Gasteiger partial charge is 0.255 e. The van der Waals surface area contributed by atoms with E-state index >= 15 is 0 Å². The molecule has 1 heterocycles. The normalized spacial score (nSPS) is 17.5. The molecule has 22 heavy (non-hydrogen) atoms. The highest BCUT2D eigenvalue weighted by atomic mass is 32.2. The molecule has 2 aromatic carbocycles. The highest BCUT2D eigenvalue weighted by Gasteiger charge is 2.31. The molecule has 5 heteroatoms. The maximum absolute atomic E-state index is 13.4. The molecule has 0 aromatic heterocycles. The van der Waals surface area contributed by atoms with Crippen LogP contribution in [0.25, 0.3) is 0 Å². The second-order valence-corrected chi connectivity index (χ2v) is 6.19. The van der Waals surface area contributed by atoms with Gasteiger partial charge >= 0.3 is 0 Å². The van der Waals surface area contributed by atoms with Crippen molar-refractivity contribution in [2.45, 2.75) is 5.37 Å². The average Bonchev–Trinajstić information content (AvgIpc) is 3.04. The summed E-state index contributed by atoms with van der Waals surface area (Å²) in [6.07, 6.45) is 0. The number of nitrogens with zero attached hydrogens (tertiary/aromatic N) is 1.